The lowest BCUT2D eigenvalue weighted by Crippen LogP contribution is -2.32. The summed E-state index contributed by atoms with van der Waals surface area (Å²) in [6.07, 6.45) is 9.33. The van der Waals surface area contributed by atoms with Crippen molar-refractivity contribution in [1.82, 2.24) is 9.88 Å². The predicted octanol–water partition coefficient (Wildman–Crippen LogP) is 1.57. The summed E-state index contributed by atoms with van der Waals surface area (Å²) in [6.45, 7) is 3.06. The van der Waals surface area contributed by atoms with Crippen molar-refractivity contribution >= 4 is 5.91 Å². The third kappa shape index (κ3) is 3.10. The van der Waals surface area contributed by atoms with Crippen molar-refractivity contribution in [2.75, 3.05) is 13.1 Å². The number of hydrogen-bond acceptors (Lipinski definition) is 2. The molecule has 0 aliphatic rings. The molecular formula is C12H14N2O. The molecular weight excluding hydrogens is 188 g/mol. The van der Waals surface area contributed by atoms with Crippen LogP contribution in [0.5, 0.6) is 0 Å². The molecule has 15 heavy (non-hydrogen) atoms. The van der Waals surface area contributed by atoms with E-state index >= 15 is 0 Å². The van der Waals surface area contributed by atoms with Crippen LogP contribution in [-0.2, 0) is 0 Å². The molecule has 3 nitrogen and oxygen atoms in total. The number of nitrogens with zero attached hydrogens (tertiary/aromatic N) is 2. The zero-order chi connectivity index (χ0) is 11.1. The van der Waals surface area contributed by atoms with Crippen LogP contribution in [0.3, 0.4) is 0 Å². The van der Waals surface area contributed by atoms with Crippen molar-refractivity contribution in [3.05, 3.63) is 30.1 Å². The van der Waals surface area contributed by atoms with Gasteiger partial charge in [0.25, 0.3) is 5.91 Å². The molecule has 1 aromatic heterocycles. The van der Waals surface area contributed by atoms with Gasteiger partial charge in [0, 0.05) is 24.5 Å². The first-order chi connectivity index (χ1) is 7.29. The molecule has 0 bridgehead atoms. The fourth-order valence-corrected chi connectivity index (χ4v) is 1.31. The van der Waals surface area contributed by atoms with Crippen LogP contribution < -0.4 is 0 Å². The fraction of sp³-hybridized carbons (Fsp3) is 0.333. The molecule has 1 heterocycles. The zero-order valence-corrected chi connectivity index (χ0v) is 8.81. The minimum absolute atomic E-state index is 0.0304. The Bertz CT molecular complexity index is 354. The summed E-state index contributed by atoms with van der Waals surface area (Å²) >= 11 is 0. The summed E-state index contributed by atoms with van der Waals surface area (Å²) in [5.74, 6) is 2.46. The third-order valence-electron chi connectivity index (χ3n) is 1.99. The highest BCUT2D eigenvalue weighted by Gasteiger charge is 2.12. The Morgan fingerprint density at radius 2 is 2.20 bits per heavy atom. The second-order valence-electron chi connectivity index (χ2n) is 3.17. The van der Waals surface area contributed by atoms with Crippen LogP contribution >= 0.6 is 0 Å². The van der Waals surface area contributed by atoms with E-state index in [1.807, 2.05) is 6.92 Å². The Morgan fingerprint density at radius 1 is 1.53 bits per heavy atom. The summed E-state index contributed by atoms with van der Waals surface area (Å²) < 4.78 is 0. The van der Waals surface area contributed by atoms with Crippen LogP contribution in [0.25, 0.3) is 0 Å². The highest BCUT2D eigenvalue weighted by Crippen LogP contribution is 2.03. The van der Waals surface area contributed by atoms with Gasteiger partial charge < -0.3 is 4.90 Å². The maximum absolute atomic E-state index is 11.9. The number of hydrogen-bond donors (Lipinski definition) is 0. The Hall–Kier alpha value is -1.82. The summed E-state index contributed by atoms with van der Waals surface area (Å²) in [5, 5.41) is 0. The van der Waals surface area contributed by atoms with Gasteiger partial charge in [0.2, 0.25) is 0 Å². The standard InChI is InChI=1S/C12H14N2O/c1-3-9-14(10-4-2)12(15)11-5-7-13-8-6-11/h1,5-8H,4,9-10H2,2H3. The third-order valence-corrected chi connectivity index (χ3v) is 1.99. The second kappa shape index (κ2) is 5.82. The average molecular weight is 202 g/mol. The highest BCUT2D eigenvalue weighted by molar-refractivity contribution is 5.94. The molecule has 0 aliphatic heterocycles. The monoisotopic (exact) mass is 202 g/mol. The maximum atomic E-state index is 11.9. The van der Waals surface area contributed by atoms with Gasteiger partial charge in [-0.05, 0) is 18.6 Å². The van der Waals surface area contributed by atoms with Gasteiger partial charge in [0.05, 0.1) is 6.54 Å². The molecule has 0 saturated heterocycles. The lowest BCUT2D eigenvalue weighted by molar-refractivity contribution is 0.0777. The maximum Gasteiger partial charge on any atom is 0.254 e. The number of aromatic nitrogens is 1. The SMILES string of the molecule is C#CCN(CCC)C(=O)c1ccncc1. The summed E-state index contributed by atoms with van der Waals surface area (Å²) in [7, 11) is 0. The Balaban J connectivity index is 2.77. The molecule has 0 saturated carbocycles. The molecule has 0 aliphatic carbocycles. The number of carbonyl (C=O) groups excluding carboxylic acids is 1. The molecule has 0 aromatic carbocycles. The van der Waals surface area contributed by atoms with Crippen molar-refractivity contribution in [3.63, 3.8) is 0 Å². The zero-order valence-electron chi connectivity index (χ0n) is 8.81. The summed E-state index contributed by atoms with van der Waals surface area (Å²) in [4.78, 5) is 17.5. The van der Waals surface area contributed by atoms with E-state index < -0.39 is 0 Å². The van der Waals surface area contributed by atoms with Crippen molar-refractivity contribution in [2.24, 2.45) is 0 Å². The van der Waals surface area contributed by atoms with Crippen LogP contribution in [0.1, 0.15) is 23.7 Å². The molecule has 1 amide bonds. The van der Waals surface area contributed by atoms with Gasteiger partial charge in [-0.1, -0.05) is 12.8 Å². The van der Waals surface area contributed by atoms with Gasteiger partial charge in [0.1, 0.15) is 0 Å². The number of pyridine rings is 1. The molecule has 0 atom stereocenters. The van der Waals surface area contributed by atoms with Crippen molar-refractivity contribution in [1.29, 1.82) is 0 Å². The van der Waals surface area contributed by atoms with Gasteiger partial charge in [-0.15, -0.1) is 6.42 Å². The Kier molecular flexibility index (Phi) is 4.36. The van der Waals surface area contributed by atoms with Crippen LogP contribution in [0, 0.1) is 12.3 Å². The lowest BCUT2D eigenvalue weighted by Gasteiger charge is -2.19. The first-order valence-corrected chi connectivity index (χ1v) is 4.92. The van der Waals surface area contributed by atoms with E-state index in [9.17, 15) is 4.79 Å². The second-order valence-corrected chi connectivity index (χ2v) is 3.17. The topological polar surface area (TPSA) is 33.2 Å². The number of terminal acetylenes is 1. The highest BCUT2D eigenvalue weighted by atomic mass is 16.2. The van der Waals surface area contributed by atoms with Crippen LogP contribution in [0.15, 0.2) is 24.5 Å². The minimum atomic E-state index is -0.0304. The van der Waals surface area contributed by atoms with E-state index in [4.69, 9.17) is 6.42 Å². The average Bonchev–Trinajstić information content (AvgIpc) is 2.29. The van der Waals surface area contributed by atoms with Crippen molar-refractivity contribution in [3.8, 4) is 12.3 Å². The minimum Gasteiger partial charge on any atom is -0.328 e. The number of carbonyl (C=O) groups is 1. The molecule has 0 spiro atoms. The van der Waals surface area contributed by atoms with E-state index in [-0.39, 0.29) is 5.91 Å². The molecule has 1 aromatic rings. The molecule has 0 fully saturated rings. The van der Waals surface area contributed by atoms with E-state index in [1.54, 1.807) is 29.4 Å². The number of rotatable bonds is 4. The normalized spacial score (nSPS) is 9.33. The first kappa shape index (κ1) is 11.3. The quantitative estimate of drug-likeness (QED) is 0.694. The van der Waals surface area contributed by atoms with Crippen LogP contribution in [-0.4, -0.2) is 28.9 Å². The molecule has 78 valence electrons. The van der Waals surface area contributed by atoms with E-state index in [0.29, 0.717) is 18.7 Å². The predicted molar refractivity (Wildman–Crippen MR) is 59.3 cm³/mol. The lowest BCUT2D eigenvalue weighted by atomic mass is 10.2. The molecule has 0 N–H and O–H groups in total. The molecule has 3 heteroatoms. The van der Waals surface area contributed by atoms with Gasteiger partial charge in [-0.2, -0.15) is 0 Å². The number of amides is 1. The first-order valence-electron chi connectivity index (χ1n) is 4.92. The van der Waals surface area contributed by atoms with Gasteiger partial charge >= 0.3 is 0 Å². The molecule has 1 rings (SSSR count). The van der Waals surface area contributed by atoms with E-state index in [1.165, 1.54) is 0 Å². The Labute approximate surface area is 90.1 Å². The summed E-state index contributed by atoms with van der Waals surface area (Å²) in [6, 6.07) is 3.39. The van der Waals surface area contributed by atoms with Crippen LogP contribution in [0.2, 0.25) is 0 Å². The van der Waals surface area contributed by atoms with Gasteiger partial charge in [-0.25, -0.2) is 0 Å². The van der Waals surface area contributed by atoms with Crippen molar-refractivity contribution in [2.45, 2.75) is 13.3 Å². The van der Waals surface area contributed by atoms with E-state index in [2.05, 4.69) is 10.9 Å². The fourth-order valence-electron chi connectivity index (χ4n) is 1.31. The molecule has 0 radical (unpaired) electrons. The van der Waals surface area contributed by atoms with Gasteiger partial charge in [-0.3, -0.25) is 9.78 Å². The van der Waals surface area contributed by atoms with Crippen molar-refractivity contribution < 1.29 is 4.79 Å². The summed E-state index contributed by atoms with van der Waals surface area (Å²) in [5.41, 5.74) is 0.633. The Morgan fingerprint density at radius 3 is 2.73 bits per heavy atom. The van der Waals surface area contributed by atoms with E-state index in [0.717, 1.165) is 6.42 Å². The van der Waals surface area contributed by atoms with Gasteiger partial charge in [0.15, 0.2) is 0 Å². The smallest absolute Gasteiger partial charge is 0.254 e. The van der Waals surface area contributed by atoms with Crippen LogP contribution in [0.4, 0.5) is 0 Å². The largest absolute Gasteiger partial charge is 0.328 e. The molecule has 0 unspecified atom stereocenters.